The Labute approximate surface area is 136 Å². The van der Waals surface area contributed by atoms with Crippen LogP contribution in [0.2, 0.25) is 0 Å². The second kappa shape index (κ2) is 6.67. The van der Waals surface area contributed by atoms with E-state index in [-0.39, 0.29) is 0 Å². The van der Waals surface area contributed by atoms with Gasteiger partial charge in [0.05, 0.1) is 0 Å². The Morgan fingerprint density at radius 1 is 1.29 bits per heavy atom. The maximum Gasteiger partial charge on any atom is 0.0417 e. The highest BCUT2D eigenvalue weighted by Crippen LogP contribution is 2.30. The zero-order chi connectivity index (χ0) is 14.8. The lowest BCUT2D eigenvalue weighted by atomic mass is 10.1. The second-order valence-corrected chi connectivity index (χ2v) is 7.54. The first-order valence-corrected chi connectivity index (χ1v) is 8.86. The van der Waals surface area contributed by atoms with E-state index in [1.54, 1.807) is 0 Å². The van der Waals surface area contributed by atoms with Crippen LogP contribution in [0.1, 0.15) is 31.2 Å². The summed E-state index contributed by atoms with van der Waals surface area (Å²) in [6.45, 7) is 3.31. The lowest BCUT2D eigenvalue weighted by molar-refractivity contribution is 0.372. The fourth-order valence-corrected chi connectivity index (χ4v) is 3.69. The number of hydrogen-bond donors (Lipinski definition) is 1. The van der Waals surface area contributed by atoms with Gasteiger partial charge in [0.2, 0.25) is 0 Å². The Morgan fingerprint density at radius 2 is 2.10 bits per heavy atom. The molecule has 1 heterocycles. The monoisotopic (exact) mass is 351 g/mol. The van der Waals surface area contributed by atoms with Gasteiger partial charge in [-0.15, -0.1) is 0 Å². The third kappa shape index (κ3) is 3.99. The number of rotatable bonds is 6. The fourth-order valence-electron chi connectivity index (χ4n) is 3.19. The Kier molecular flexibility index (Phi) is 4.87. The van der Waals surface area contributed by atoms with Gasteiger partial charge < -0.3 is 15.1 Å². The zero-order valence-electron chi connectivity index (χ0n) is 13.1. The summed E-state index contributed by atoms with van der Waals surface area (Å²) in [6, 6.07) is 8.29. The predicted molar refractivity (Wildman–Crippen MR) is 92.9 cm³/mol. The van der Waals surface area contributed by atoms with Crippen molar-refractivity contribution in [3.63, 3.8) is 0 Å². The predicted octanol–water partition coefficient (Wildman–Crippen LogP) is 3.23. The summed E-state index contributed by atoms with van der Waals surface area (Å²) < 4.78 is 1.24. The van der Waals surface area contributed by atoms with E-state index in [2.05, 4.69) is 63.3 Å². The number of nitrogens with zero attached hydrogens (tertiary/aromatic N) is 2. The van der Waals surface area contributed by atoms with Gasteiger partial charge in [0, 0.05) is 41.9 Å². The first kappa shape index (κ1) is 15.3. The molecule has 0 spiro atoms. The van der Waals surface area contributed by atoms with Crippen molar-refractivity contribution < 1.29 is 0 Å². The van der Waals surface area contributed by atoms with Crippen LogP contribution in [0, 0.1) is 0 Å². The number of halogens is 1. The number of likely N-dealkylation sites (N-methyl/N-ethyl adjacent to an activating group) is 1. The molecule has 0 bridgehead atoms. The summed E-state index contributed by atoms with van der Waals surface area (Å²) in [5.74, 6) is 0. The van der Waals surface area contributed by atoms with Crippen molar-refractivity contribution in [2.45, 2.75) is 44.3 Å². The van der Waals surface area contributed by atoms with E-state index >= 15 is 0 Å². The van der Waals surface area contributed by atoms with Gasteiger partial charge in [0.1, 0.15) is 0 Å². The summed E-state index contributed by atoms with van der Waals surface area (Å²) in [7, 11) is 4.33. The standard InChI is InChI=1S/C17H26BrN3/c1-20(2)12-16-4-3-9-21(16)15-8-5-13(17(18)10-15)11-19-14-6-7-14/h5,8,10,14,16,19H,3-4,6-7,9,11-12H2,1-2H3. The minimum Gasteiger partial charge on any atom is -0.367 e. The number of hydrogen-bond acceptors (Lipinski definition) is 3. The maximum atomic E-state index is 3.76. The molecular weight excluding hydrogens is 326 g/mol. The van der Waals surface area contributed by atoms with Crippen molar-refractivity contribution in [3.8, 4) is 0 Å². The summed E-state index contributed by atoms with van der Waals surface area (Å²) in [6.07, 6.45) is 5.30. The smallest absolute Gasteiger partial charge is 0.0417 e. The molecule has 4 heteroatoms. The van der Waals surface area contributed by atoms with E-state index in [1.807, 2.05) is 0 Å². The van der Waals surface area contributed by atoms with Crippen LogP contribution in [0.15, 0.2) is 22.7 Å². The van der Waals surface area contributed by atoms with Crippen LogP contribution in [0.25, 0.3) is 0 Å². The minimum atomic E-state index is 0.655. The van der Waals surface area contributed by atoms with Gasteiger partial charge in [0.15, 0.2) is 0 Å². The molecule has 1 aliphatic heterocycles. The summed E-state index contributed by atoms with van der Waals surface area (Å²) in [4.78, 5) is 4.87. The third-order valence-electron chi connectivity index (χ3n) is 4.48. The van der Waals surface area contributed by atoms with Crippen molar-refractivity contribution in [1.82, 2.24) is 10.2 Å². The van der Waals surface area contributed by atoms with Crippen molar-refractivity contribution in [3.05, 3.63) is 28.2 Å². The molecule has 1 saturated carbocycles. The average molecular weight is 352 g/mol. The lowest BCUT2D eigenvalue weighted by Gasteiger charge is -2.29. The number of anilines is 1. The van der Waals surface area contributed by atoms with E-state index in [0.717, 1.165) is 19.1 Å². The summed E-state index contributed by atoms with van der Waals surface area (Å²) >= 11 is 3.76. The molecule has 21 heavy (non-hydrogen) atoms. The molecule has 3 nitrogen and oxygen atoms in total. The Morgan fingerprint density at radius 3 is 2.76 bits per heavy atom. The SMILES string of the molecule is CN(C)CC1CCCN1c1ccc(CNC2CC2)c(Br)c1. The third-order valence-corrected chi connectivity index (χ3v) is 5.22. The van der Waals surface area contributed by atoms with E-state index in [0.29, 0.717) is 6.04 Å². The first-order valence-electron chi connectivity index (χ1n) is 8.06. The van der Waals surface area contributed by atoms with E-state index in [4.69, 9.17) is 0 Å². The molecule has 1 saturated heterocycles. The molecule has 1 aromatic carbocycles. The Balaban J connectivity index is 1.68. The molecule has 1 N–H and O–H groups in total. The molecule has 1 aromatic rings. The highest BCUT2D eigenvalue weighted by molar-refractivity contribution is 9.10. The minimum absolute atomic E-state index is 0.655. The van der Waals surface area contributed by atoms with Crippen molar-refractivity contribution in [1.29, 1.82) is 0 Å². The normalized spacial score (nSPS) is 22.3. The second-order valence-electron chi connectivity index (χ2n) is 6.68. The molecule has 1 unspecified atom stereocenters. The molecule has 2 fully saturated rings. The van der Waals surface area contributed by atoms with Crippen LogP contribution < -0.4 is 10.2 Å². The van der Waals surface area contributed by atoms with E-state index in [1.165, 1.54) is 48.0 Å². The molecule has 3 rings (SSSR count). The number of nitrogens with one attached hydrogen (secondary N) is 1. The van der Waals surface area contributed by atoms with E-state index < -0.39 is 0 Å². The molecule has 0 aromatic heterocycles. The molecule has 0 radical (unpaired) electrons. The molecule has 1 aliphatic carbocycles. The summed E-state index contributed by atoms with van der Waals surface area (Å²) in [5.41, 5.74) is 2.73. The molecule has 116 valence electrons. The van der Waals surface area contributed by atoms with Gasteiger partial charge in [0.25, 0.3) is 0 Å². The Hall–Kier alpha value is -0.580. The van der Waals surface area contributed by atoms with Gasteiger partial charge in [-0.05, 0) is 57.5 Å². The number of benzene rings is 1. The van der Waals surface area contributed by atoms with E-state index in [9.17, 15) is 0 Å². The quantitative estimate of drug-likeness (QED) is 0.848. The zero-order valence-corrected chi connectivity index (χ0v) is 14.7. The highest BCUT2D eigenvalue weighted by atomic mass is 79.9. The van der Waals surface area contributed by atoms with Crippen LogP contribution in [-0.2, 0) is 6.54 Å². The van der Waals surface area contributed by atoms with Crippen molar-refractivity contribution >= 4 is 21.6 Å². The van der Waals surface area contributed by atoms with Crippen molar-refractivity contribution in [2.24, 2.45) is 0 Å². The molecular formula is C17H26BrN3. The molecule has 1 atom stereocenters. The van der Waals surface area contributed by atoms with Crippen molar-refractivity contribution in [2.75, 3.05) is 32.1 Å². The van der Waals surface area contributed by atoms with Crippen LogP contribution in [0.5, 0.6) is 0 Å². The molecule has 2 aliphatic rings. The van der Waals surface area contributed by atoms with Gasteiger partial charge in [-0.25, -0.2) is 0 Å². The Bertz CT molecular complexity index is 485. The van der Waals surface area contributed by atoms with Crippen LogP contribution in [0.4, 0.5) is 5.69 Å². The van der Waals surface area contributed by atoms with Gasteiger partial charge in [-0.2, -0.15) is 0 Å². The topological polar surface area (TPSA) is 18.5 Å². The fraction of sp³-hybridized carbons (Fsp3) is 0.647. The molecule has 0 amide bonds. The van der Waals surface area contributed by atoms with Crippen LogP contribution in [0.3, 0.4) is 0 Å². The van der Waals surface area contributed by atoms with Crippen LogP contribution in [-0.4, -0.2) is 44.2 Å². The highest BCUT2D eigenvalue weighted by Gasteiger charge is 2.25. The maximum absolute atomic E-state index is 3.76. The van der Waals surface area contributed by atoms with Gasteiger partial charge in [-0.1, -0.05) is 22.0 Å². The summed E-state index contributed by atoms with van der Waals surface area (Å²) in [5, 5.41) is 3.59. The largest absolute Gasteiger partial charge is 0.367 e. The van der Waals surface area contributed by atoms with Crippen LogP contribution >= 0.6 is 15.9 Å². The lowest BCUT2D eigenvalue weighted by Crippen LogP contribution is -2.37. The van der Waals surface area contributed by atoms with Gasteiger partial charge in [-0.3, -0.25) is 0 Å². The average Bonchev–Trinajstić information content (AvgIpc) is 3.16. The van der Waals surface area contributed by atoms with Gasteiger partial charge >= 0.3 is 0 Å². The first-order chi connectivity index (χ1) is 10.1.